The highest BCUT2D eigenvalue weighted by molar-refractivity contribution is 6.03. The zero-order valence-corrected chi connectivity index (χ0v) is 14.4. The molecule has 5 nitrogen and oxygen atoms in total. The van der Waals surface area contributed by atoms with Gasteiger partial charge < -0.3 is 10.2 Å². The summed E-state index contributed by atoms with van der Waals surface area (Å²) in [4.78, 5) is 23.9. The van der Waals surface area contributed by atoms with Gasteiger partial charge >= 0.3 is 0 Å². The zero-order valence-electron chi connectivity index (χ0n) is 14.4. The van der Waals surface area contributed by atoms with E-state index in [0.29, 0.717) is 11.6 Å². The standard InChI is InChI=1S/C19H24N4O/c1-3-15-9-5-6-10-16(15)21-18(24)17-13-14(2)20-19(22-17)23-11-7-4-8-12-23/h5-6,9-10,13H,3-4,7-8,11-12H2,1-2H3,(H,21,24). The van der Waals surface area contributed by atoms with Gasteiger partial charge in [-0.1, -0.05) is 25.1 Å². The Kier molecular flexibility index (Phi) is 5.08. The molecule has 0 saturated carbocycles. The molecule has 5 heteroatoms. The number of piperidine rings is 1. The highest BCUT2D eigenvalue weighted by atomic mass is 16.1. The van der Waals surface area contributed by atoms with Crippen molar-refractivity contribution in [3.05, 3.63) is 47.3 Å². The maximum absolute atomic E-state index is 12.6. The highest BCUT2D eigenvalue weighted by Gasteiger charge is 2.17. The van der Waals surface area contributed by atoms with Gasteiger partial charge in [0.1, 0.15) is 5.69 Å². The monoisotopic (exact) mass is 324 g/mol. The van der Waals surface area contributed by atoms with E-state index in [2.05, 4.69) is 27.1 Å². The van der Waals surface area contributed by atoms with Gasteiger partial charge in [-0.3, -0.25) is 4.79 Å². The van der Waals surface area contributed by atoms with Gasteiger partial charge in [-0.2, -0.15) is 0 Å². The van der Waals surface area contributed by atoms with Crippen molar-refractivity contribution in [3.63, 3.8) is 0 Å². The first kappa shape index (κ1) is 16.4. The quantitative estimate of drug-likeness (QED) is 0.934. The molecule has 24 heavy (non-hydrogen) atoms. The van der Waals surface area contributed by atoms with Crippen LogP contribution in [0.3, 0.4) is 0 Å². The van der Waals surface area contributed by atoms with Crippen molar-refractivity contribution in [1.82, 2.24) is 9.97 Å². The largest absolute Gasteiger partial charge is 0.341 e. The smallest absolute Gasteiger partial charge is 0.274 e. The number of carbonyl (C=O) groups is 1. The Morgan fingerprint density at radius 1 is 1.17 bits per heavy atom. The lowest BCUT2D eigenvalue weighted by atomic mass is 10.1. The fraction of sp³-hybridized carbons (Fsp3) is 0.421. The van der Waals surface area contributed by atoms with Gasteiger partial charge in [-0.15, -0.1) is 0 Å². The maximum Gasteiger partial charge on any atom is 0.274 e. The number of para-hydroxylation sites is 1. The van der Waals surface area contributed by atoms with E-state index in [1.165, 1.54) is 6.42 Å². The molecule has 126 valence electrons. The van der Waals surface area contributed by atoms with Crippen LogP contribution in [-0.2, 0) is 6.42 Å². The normalized spacial score (nSPS) is 14.5. The summed E-state index contributed by atoms with van der Waals surface area (Å²) in [6.07, 6.45) is 4.44. The minimum absolute atomic E-state index is 0.181. The number of hydrogen-bond acceptors (Lipinski definition) is 4. The first-order chi connectivity index (χ1) is 11.7. The van der Waals surface area contributed by atoms with Gasteiger partial charge in [0, 0.05) is 24.5 Å². The van der Waals surface area contributed by atoms with Crippen LogP contribution < -0.4 is 10.2 Å². The molecule has 0 unspecified atom stereocenters. The Morgan fingerprint density at radius 2 is 1.92 bits per heavy atom. The molecule has 0 spiro atoms. The predicted molar refractivity (Wildman–Crippen MR) is 96.6 cm³/mol. The second kappa shape index (κ2) is 7.43. The molecule has 1 aliphatic heterocycles. The minimum atomic E-state index is -0.181. The van der Waals surface area contributed by atoms with Crippen LogP contribution in [0.15, 0.2) is 30.3 Å². The van der Waals surface area contributed by atoms with Crippen LogP contribution in [0.2, 0.25) is 0 Å². The Bertz CT molecular complexity index is 723. The molecule has 1 aromatic carbocycles. The van der Waals surface area contributed by atoms with Crippen molar-refractivity contribution >= 4 is 17.5 Å². The lowest BCUT2D eigenvalue weighted by Crippen LogP contribution is -2.31. The average Bonchev–Trinajstić information content (AvgIpc) is 2.62. The average molecular weight is 324 g/mol. The van der Waals surface area contributed by atoms with Crippen molar-refractivity contribution in [1.29, 1.82) is 0 Å². The number of amides is 1. The molecule has 2 aromatic rings. The lowest BCUT2D eigenvalue weighted by molar-refractivity contribution is 0.102. The Morgan fingerprint density at radius 3 is 2.67 bits per heavy atom. The molecule has 3 rings (SSSR count). The summed E-state index contributed by atoms with van der Waals surface area (Å²) in [5.74, 6) is 0.489. The minimum Gasteiger partial charge on any atom is -0.341 e. The van der Waals surface area contributed by atoms with E-state index in [1.54, 1.807) is 6.07 Å². The number of benzene rings is 1. The molecule has 1 aromatic heterocycles. The summed E-state index contributed by atoms with van der Waals surface area (Å²) in [5.41, 5.74) is 3.21. The van der Waals surface area contributed by atoms with Gasteiger partial charge in [0.25, 0.3) is 5.91 Å². The Balaban J connectivity index is 1.83. The molecule has 0 bridgehead atoms. The number of carbonyl (C=O) groups excluding carboxylic acids is 1. The zero-order chi connectivity index (χ0) is 16.9. The number of rotatable bonds is 4. The Hall–Kier alpha value is -2.43. The number of anilines is 2. The molecule has 1 saturated heterocycles. The van der Waals surface area contributed by atoms with Crippen LogP contribution in [0, 0.1) is 6.92 Å². The van der Waals surface area contributed by atoms with Crippen molar-refractivity contribution in [2.45, 2.75) is 39.5 Å². The fourth-order valence-electron chi connectivity index (χ4n) is 3.04. The number of aryl methyl sites for hydroxylation is 2. The number of hydrogen-bond donors (Lipinski definition) is 1. The third-order valence-electron chi connectivity index (χ3n) is 4.36. The summed E-state index contributed by atoms with van der Waals surface area (Å²) in [7, 11) is 0. The van der Waals surface area contributed by atoms with E-state index in [4.69, 9.17) is 0 Å². The van der Waals surface area contributed by atoms with Crippen molar-refractivity contribution in [2.75, 3.05) is 23.3 Å². The summed E-state index contributed by atoms with van der Waals surface area (Å²) in [5, 5.41) is 2.99. The summed E-state index contributed by atoms with van der Waals surface area (Å²) < 4.78 is 0. The maximum atomic E-state index is 12.6. The van der Waals surface area contributed by atoms with Gasteiger partial charge in [0.2, 0.25) is 5.95 Å². The van der Waals surface area contributed by atoms with Crippen molar-refractivity contribution < 1.29 is 4.79 Å². The molecular weight excluding hydrogens is 300 g/mol. The molecule has 1 N–H and O–H groups in total. The topological polar surface area (TPSA) is 58.1 Å². The molecule has 1 aliphatic rings. The van der Waals surface area contributed by atoms with Gasteiger partial charge in [0.15, 0.2) is 0 Å². The van der Waals surface area contributed by atoms with Crippen molar-refractivity contribution in [2.24, 2.45) is 0 Å². The molecule has 0 aliphatic carbocycles. The Labute approximate surface area is 143 Å². The molecular formula is C19H24N4O. The fourth-order valence-corrected chi connectivity index (χ4v) is 3.04. The van der Waals surface area contributed by atoms with E-state index >= 15 is 0 Å². The number of nitrogens with one attached hydrogen (secondary N) is 1. The summed E-state index contributed by atoms with van der Waals surface area (Å²) in [6, 6.07) is 9.62. The van der Waals surface area contributed by atoms with Gasteiger partial charge in [-0.05, 0) is 50.3 Å². The van der Waals surface area contributed by atoms with E-state index in [9.17, 15) is 4.79 Å². The summed E-state index contributed by atoms with van der Waals surface area (Å²) >= 11 is 0. The molecule has 0 radical (unpaired) electrons. The third kappa shape index (κ3) is 3.72. The SMILES string of the molecule is CCc1ccccc1NC(=O)c1cc(C)nc(N2CCCCC2)n1. The second-order valence-electron chi connectivity index (χ2n) is 6.21. The molecule has 0 atom stereocenters. The first-order valence-electron chi connectivity index (χ1n) is 8.67. The van der Waals surface area contributed by atoms with E-state index in [-0.39, 0.29) is 5.91 Å². The molecule has 1 amide bonds. The number of nitrogens with zero attached hydrogens (tertiary/aromatic N) is 3. The predicted octanol–water partition coefficient (Wildman–Crippen LogP) is 3.59. The van der Waals surface area contributed by atoms with Crippen LogP contribution in [0.5, 0.6) is 0 Å². The van der Waals surface area contributed by atoms with Crippen LogP contribution in [0.4, 0.5) is 11.6 Å². The van der Waals surface area contributed by atoms with Crippen LogP contribution >= 0.6 is 0 Å². The highest BCUT2D eigenvalue weighted by Crippen LogP contribution is 2.19. The number of aromatic nitrogens is 2. The second-order valence-corrected chi connectivity index (χ2v) is 6.21. The van der Waals surface area contributed by atoms with Crippen LogP contribution in [0.25, 0.3) is 0 Å². The molecule has 1 fully saturated rings. The van der Waals surface area contributed by atoms with Crippen LogP contribution in [-0.4, -0.2) is 29.0 Å². The first-order valence-corrected chi connectivity index (χ1v) is 8.67. The van der Waals surface area contributed by atoms with E-state index < -0.39 is 0 Å². The van der Waals surface area contributed by atoms with E-state index in [1.807, 2.05) is 31.2 Å². The third-order valence-corrected chi connectivity index (χ3v) is 4.36. The summed E-state index contributed by atoms with van der Waals surface area (Å²) in [6.45, 7) is 5.91. The van der Waals surface area contributed by atoms with Gasteiger partial charge in [-0.25, -0.2) is 9.97 Å². The molecule has 2 heterocycles. The van der Waals surface area contributed by atoms with Gasteiger partial charge in [0.05, 0.1) is 0 Å². The van der Waals surface area contributed by atoms with Crippen molar-refractivity contribution in [3.8, 4) is 0 Å². The lowest BCUT2D eigenvalue weighted by Gasteiger charge is -2.27. The van der Waals surface area contributed by atoms with Crippen LogP contribution in [0.1, 0.15) is 47.9 Å². The van der Waals surface area contributed by atoms with E-state index in [0.717, 1.165) is 49.3 Å².